The molecule has 3 aliphatic rings. The number of carbonyl (C=O) groups is 7. The van der Waals surface area contributed by atoms with E-state index in [-0.39, 0.29) is 107 Å². The van der Waals surface area contributed by atoms with E-state index < -0.39 is 16.4 Å². The lowest BCUT2D eigenvalue weighted by Crippen LogP contribution is -2.45. The normalized spacial score (nSPS) is 15.6. The first kappa shape index (κ1) is 139. The zero-order chi connectivity index (χ0) is 105. The monoisotopic (exact) mass is 1860 g/mol. The van der Waals surface area contributed by atoms with Crippen molar-refractivity contribution in [3.05, 3.63) is 0 Å². The second-order valence-corrected chi connectivity index (χ2v) is 53.7. The largest absolute Gasteiger partial charge is 0.465 e. The van der Waals surface area contributed by atoms with Crippen molar-refractivity contribution < 1.29 is 76.2 Å². The van der Waals surface area contributed by atoms with E-state index in [4.69, 9.17) is 48.4 Å². The van der Waals surface area contributed by atoms with Crippen molar-refractivity contribution in [2.24, 2.45) is 92.4 Å². The highest BCUT2D eigenvalue weighted by molar-refractivity contribution is 5.80. The van der Waals surface area contributed by atoms with Crippen LogP contribution in [0.15, 0.2) is 0 Å². The Morgan fingerprint density at radius 3 is 0.862 bits per heavy atom. The van der Waals surface area contributed by atoms with Crippen molar-refractivity contribution in [3.63, 3.8) is 0 Å². The zero-order valence-corrected chi connectivity index (χ0v) is 96.1. The van der Waals surface area contributed by atoms with E-state index in [1.54, 1.807) is 13.8 Å². The lowest BCUT2D eigenvalue weighted by Gasteiger charge is -2.34. The molecule has 0 aromatic rings. The highest BCUT2D eigenvalue weighted by atomic mass is 16.6. The number of carbonyl (C=O) groups excluding carboxylic acids is 7. The van der Waals surface area contributed by atoms with E-state index in [1.807, 2.05) is 152 Å². The average molecular weight is 1860 g/mol. The van der Waals surface area contributed by atoms with Gasteiger partial charge < -0.3 is 63.1 Å². The molecule has 3 heterocycles. The lowest BCUT2D eigenvalue weighted by molar-refractivity contribution is -0.164. The van der Waals surface area contributed by atoms with Crippen LogP contribution in [-0.2, 0) is 76.2 Å². The highest BCUT2D eigenvalue weighted by Gasteiger charge is 2.37. The molecule has 780 valence electrons. The molecule has 0 aromatic carbocycles. The topological polar surface area (TPSA) is 245 Å². The van der Waals surface area contributed by atoms with Crippen molar-refractivity contribution in [2.45, 2.75) is 409 Å². The first-order valence-corrected chi connectivity index (χ1v) is 49.3. The van der Waals surface area contributed by atoms with Crippen molar-refractivity contribution >= 4 is 41.8 Å². The molecule has 130 heavy (non-hydrogen) atoms. The number of esters is 7. The number of hydrogen-bond acceptors (Lipinski definition) is 22. The van der Waals surface area contributed by atoms with Gasteiger partial charge in [-0.05, 0) is 238 Å². The van der Waals surface area contributed by atoms with Crippen LogP contribution in [0.3, 0.4) is 0 Å². The van der Waals surface area contributed by atoms with Gasteiger partial charge in [-0.2, -0.15) is 0 Å². The molecular weight excluding hydrogens is 1640 g/mol. The summed E-state index contributed by atoms with van der Waals surface area (Å²) in [6, 6.07) is 0. The summed E-state index contributed by atoms with van der Waals surface area (Å²) in [6.45, 7) is 122. The quantitative estimate of drug-likeness (QED) is 0.0625. The minimum absolute atomic E-state index is 0.000903. The van der Waals surface area contributed by atoms with Gasteiger partial charge in [0.2, 0.25) is 0 Å². The minimum Gasteiger partial charge on any atom is -0.465 e. The molecule has 3 aliphatic heterocycles. The fourth-order valence-electron chi connectivity index (χ4n) is 9.91. The van der Waals surface area contributed by atoms with Gasteiger partial charge in [0.25, 0.3) is 0 Å². The lowest BCUT2D eigenvalue weighted by atomic mass is 9.88. The summed E-state index contributed by atoms with van der Waals surface area (Å²) in [4.78, 5) is 93.6. The molecule has 0 radical (unpaired) electrons. The van der Waals surface area contributed by atoms with Crippen LogP contribution in [0.2, 0.25) is 0 Å². The first-order chi connectivity index (χ1) is 57.6. The maximum atomic E-state index is 12.2. The molecule has 22 nitrogen and oxygen atoms in total. The predicted molar refractivity (Wildman–Crippen MR) is 549 cm³/mol. The van der Waals surface area contributed by atoms with Crippen molar-refractivity contribution in [2.75, 3.05) is 166 Å². The second kappa shape index (κ2) is 62.0. The molecule has 0 saturated carbocycles. The summed E-state index contributed by atoms with van der Waals surface area (Å²) in [5.41, 5.74) is 4.26. The van der Waals surface area contributed by atoms with Gasteiger partial charge in [0, 0.05) is 65.4 Å². The number of rotatable bonds is 26. The average Bonchev–Trinajstić information content (AvgIpc) is 0.870. The molecule has 0 aromatic heterocycles. The Morgan fingerprint density at radius 2 is 0.608 bits per heavy atom. The van der Waals surface area contributed by atoms with Gasteiger partial charge in [0.1, 0.15) is 11.6 Å². The van der Waals surface area contributed by atoms with Gasteiger partial charge in [0.05, 0.1) is 98.6 Å². The van der Waals surface area contributed by atoms with E-state index in [1.165, 1.54) is 13.0 Å². The zero-order valence-electron chi connectivity index (χ0n) is 96.1. The predicted octanol–water partition coefficient (Wildman–Crippen LogP) is 24.1. The van der Waals surface area contributed by atoms with Gasteiger partial charge in [-0.15, -0.1) is 0 Å². The summed E-state index contributed by atoms with van der Waals surface area (Å²) >= 11 is 0. The molecule has 3 saturated heterocycles. The van der Waals surface area contributed by atoms with Crippen LogP contribution in [0.5, 0.6) is 0 Å². The van der Waals surface area contributed by atoms with E-state index >= 15 is 0 Å². The van der Waals surface area contributed by atoms with Gasteiger partial charge in [0.15, 0.2) is 0 Å². The number of morpholine rings is 2. The van der Waals surface area contributed by atoms with Gasteiger partial charge in [-0.1, -0.05) is 248 Å². The maximum Gasteiger partial charge on any atom is 0.325 e. The molecule has 2 N–H and O–H groups in total. The molecule has 0 spiro atoms. The number of nitrogens with two attached hydrogens (primary N) is 1. The molecular formula is C108H222N6O16. The van der Waals surface area contributed by atoms with Crippen molar-refractivity contribution in [1.82, 2.24) is 24.5 Å². The third-order valence-corrected chi connectivity index (χ3v) is 20.8. The van der Waals surface area contributed by atoms with E-state index in [2.05, 4.69) is 226 Å². The third-order valence-electron chi connectivity index (χ3n) is 20.8. The second-order valence-electron chi connectivity index (χ2n) is 53.7. The number of hydrogen-bond donors (Lipinski definition) is 1. The van der Waals surface area contributed by atoms with Crippen LogP contribution in [-0.4, -0.2) is 244 Å². The number of ether oxygens (including phenoxy) is 9. The SMILES string of the molecule is CC(C)(C)CCOC(=O)C(C)(C)CCN1CCOCC1.CC(C)(C)CN1CCOCC1.CC(C)(C)COC(=O)C(C)(C)C.CC(C)(C)COC(=O)C(C)(C)N.CCC(C)(C)C.CCC(C)(C)C(=O)OC(C)C(C)(C)C.CCC(C)(C)C(=O)OCC(C)(C)C.CCCC(C)(C)C(=O)OCC(C)(C)C.CN(C)CC(C)(C)C.CN1CCN(CCC(C)(C)C(=O)OCC(C)(C)C)CC1. The molecule has 3 rings (SSSR count). The summed E-state index contributed by atoms with van der Waals surface area (Å²) in [7, 11) is 6.36. The Labute approximate surface area is 805 Å². The Balaban J connectivity index is -0.000000262. The molecule has 0 aliphatic carbocycles. The standard InChI is InChI=1S/C16H32N2O2.C16H31NO3.2C12H24O2.C11H22O2.C10H20O2.C9H19NO2.C9H19NO.C7H17N.C6H14/c1-15(2,3)13-20-14(19)16(4,5)7-8-18-11-9-17(6)10-12-18;1-15(2,3)7-11-20-14(18)16(4,5)6-8-17-9-12-19-13-10-17;1-8-12(6,7)10(13)14-9(2)11(3,4)5;1-7-8-12(5,6)10(13)14-9-11(2,3)4;1-7-11(5,6)9(12)13-8-10(2,3)4;1-9(2,3)7-12-8(11)10(4,5)6;1-8(2,3)6-12-7(11)9(4,5)10;1-9(2,3)8-10-4-6-11-7-5-10;1-7(2,3)6-8(4)5;1-5-6(2,3)4/h7-13H2,1-6H3;6-13H2,1-5H3;9H,8H2,1-7H3;7-9H2,1-6H3;7-8H2,1-6H3;7H2,1-6H3;6,10H2,1-5H3;4-8H2,1-3H3;6H2,1-5H3;5H2,1-4H3. The number of nitrogens with zero attached hydrogens (tertiary/aromatic N) is 5. The van der Waals surface area contributed by atoms with Crippen LogP contribution >= 0.6 is 0 Å². The molecule has 0 amide bonds. The fourth-order valence-corrected chi connectivity index (χ4v) is 9.91. The Bertz CT molecular complexity index is 2960. The van der Waals surface area contributed by atoms with E-state index in [0.29, 0.717) is 55.9 Å². The molecule has 3 fully saturated rings. The fraction of sp³-hybridized carbons (Fsp3) is 0.935. The van der Waals surface area contributed by atoms with Crippen molar-refractivity contribution in [3.8, 4) is 0 Å². The van der Waals surface area contributed by atoms with Crippen LogP contribution < -0.4 is 5.73 Å². The summed E-state index contributed by atoms with van der Waals surface area (Å²) in [5.74, 6) is -0.881. The Morgan fingerprint density at radius 1 is 0.323 bits per heavy atom. The Kier molecular flexibility index (Phi) is 66.3. The third kappa shape index (κ3) is 88.0. The van der Waals surface area contributed by atoms with Crippen LogP contribution in [0.4, 0.5) is 0 Å². The molecule has 0 bridgehead atoms. The first-order valence-electron chi connectivity index (χ1n) is 49.3. The minimum atomic E-state index is -0.884. The van der Waals surface area contributed by atoms with E-state index in [0.717, 1.165) is 143 Å². The Hall–Kier alpha value is -4.03. The number of piperazine rings is 1. The van der Waals surface area contributed by atoms with E-state index in [9.17, 15) is 33.6 Å². The van der Waals surface area contributed by atoms with Gasteiger partial charge in [-0.3, -0.25) is 43.4 Å². The number of likely N-dealkylation sites (N-methyl/N-ethyl adjacent to an activating group) is 1. The molecule has 1 unspecified atom stereocenters. The maximum absolute atomic E-state index is 12.2. The van der Waals surface area contributed by atoms with Gasteiger partial charge >= 0.3 is 41.8 Å². The molecule has 1 atom stereocenters. The smallest absolute Gasteiger partial charge is 0.325 e. The van der Waals surface area contributed by atoms with Crippen LogP contribution in [0.1, 0.15) is 398 Å². The van der Waals surface area contributed by atoms with Crippen LogP contribution in [0, 0.1) is 86.6 Å². The highest BCUT2D eigenvalue weighted by Crippen LogP contribution is 2.32. The summed E-state index contributed by atoms with van der Waals surface area (Å²) < 4.78 is 47.6. The van der Waals surface area contributed by atoms with Crippen LogP contribution in [0.25, 0.3) is 0 Å². The van der Waals surface area contributed by atoms with Gasteiger partial charge in [-0.25, -0.2) is 0 Å². The molecule has 22 heteroatoms. The summed E-state index contributed by atoms with van der Waals surface area (Å²) in [5, 5.41) is 0. The van der Waals surface area contributed by atoms with Crippen molar-refractivity contribution in [1.29, 1.82) is 0 Å². The summed E-state index contributed by atoms with van der Waals surface area (Å²) in [6.07, 6.45) is 7.35.